The van der Waals surface area contributed by atoms with Crippen LogP contribution in [0, 0.1) is 9.39 Å². The summed E-state index contributed by atoms with van der Waals surface area (Å²) in [4.78, 5) is 0. The van der Waals surface area contributed by atoms with Crippen molar-refractivity contribution in [2.75, 3.05) is 6.54 Å². The molecule has 12 heavy (non-hydrogen) atoms. The molecule has 0 saturated carbocycles. The SMILES string of the molecule is NC[C@@H](N)c1ccc(I)c(F)c1. The van der Waals surface area contributed by atoms with Crippen LogP contribution in [0.25, 0.3) is 0 Å². The fraction of sp³-hybridized carbons (Fsp3) is 0.250. The Morgan fingerprint density at radius 2 is 2.17 bits per heavy atom. The summed E-state index contributed by atoms with van der Waals surface area (Å²) in [5.41, 5.74) is 11.7. The van der Waals surface area contributed by atoms with Crippen LogP contribution in [0.4, 0.5) is 4.39 Å². The summed E-state index contributed by atoms with van der Waals surface area (Å²) in [5.74, 6) is -0.239. The zero-order valence-corrected chi connectivity index (χ0v) is 8.58. The van der Waals surface area contributed by atoms with Crippen LogP contribution in [0.1, 0.15) is 11.6 Å². The minimum absolute atomic E-state index is 0.239. The second kappa shape index (κ2) is 4.15. The average molecular weight is 280 g/mol. The molecule has 2 nitrogen and oxygen atoms in total. The average Bonchev–Trinajstić information content (AvgIpc) is 2.08. The molecule has 0 unspecified atom stereocenters. The van der Waals surface area contributed by atoms with E-state index in [0.717, 1.165) is 5.56 Å². The number of nitrogens with two attached hydrogens (primary N) is 2. The quantitative estimate of drug-likeness (QED) is 0.804. The smallest absolute Gasteiger partial charge is 0.136 e. The van der Waals surface area contributed by atoms with Crippen molar-refractivity contribution in [2.45, 2.75) is 6.04 Å². The van der Waals surface area contributed by atoms with Crippen molar-refractivity contribution < 1.29 is 4.39 Å². The first-order valence-electron chi connectivity index (χ1n) is 3.55. The fourth-order valence-corrected chi connectivity index (χ4v) is 1.21. The van der Waals surface area contributed by atoms with Gasteiger partial charge in [-0.1, -0.05) is 6.07 Å². The van der Waals surface area contributed by atoms with E-state index in [0.29, 0.717) is 10.1 Å². The summed E-state index contributed by atoms with van der Waals surface area (Å²) in [7, 11) is 0. The molecule has 4 N–H and O–H groups in total. The van der Waals surface area contributed by atoms with Gasteiger partial charge in [0.15, 0.2) is 0 Å². The van der Waals surface area contributed by atoms with Crippen LogP contribution in [0.5, 0.6) is 0 Å². The Kier molecular flexibility index (Phi) is 3.42. The Morgan fingerprint density at radius 1 is 1.50 bits per heavy atom. The molecule has 0 aliphatic rings. The molecule has 0 amide bonds. The van der Waals surface area contributed by atoms with Crippen LogP contribution in [0.15, 0.2) is 18.2 Å². The Hall–Kier alpha value is -0.200. The van der Waals surface area contributed by atoms with Gasteiger partial charge in [0.05, 0.1) is 0 Å². The van der Waals surface area contributed by atoms with E-state index in [-0.39, 0.29) is 11.9 Å². The van der Waals surface area contributed by atoms with Crippen molar-refractivity contribution in [2.24, 2.45) is 11.5 Å². The molecule has 4 heteroatoms. The minimum Gasteiger partial charge on any atom is -0.329 e. The maximum absolute atomic E-state index is 13.0. The molecule has 0 heterocycles. The maximum atomic E-state index is 13.0. The van der Waals surface area contributed by atoms with Crippen molar-refractivity contribution in [3.63, 3.8) is 0 Å². The molecule has 0 saturated heterocycles. The fourth-order valence-electron chi connectivity index (χ4n) is 0.879. The van der Waals surface area contributed by atoms with Crippen molar-refractivity contribution in [1.29, 1.82) is 0 Å². The predicted octanol–water partition coefficient (Wildman–Crippen LogP) is 1.39. The second-order valence-corrected chi connectivity index (χ2v) is 3.68. The summed E-state index contributed by atoms with van der Waals surface area (Å²) in [6.45, 7) is 0.333. The second-order valence-electron chi connectivity index (χ2n) is 2.52. The van der Waals surface area contributed by atoms with Crippen LogP contribution >= 0.6 is 22.6 Å². The summed E-state index contributed by atoms with van der Waals surface area (Å²) in [6.07, 6.45) is 0. The lowest BCUT2D eigenvalue weighted by molar-refractivity contribution is 0.612. The molecule has 0 fully saturated rings. The highest BCUT2D eigenvalue weighted by Gasteiger charge is 2.05. The van der Waals surface area contributed by atoms with E-state index in [9.17, 15) is 4.39 Å². The number of benzene rings is 1. The van der Waals surface area contributed by atoms with E-state index >= 15 is 0 Å². The van der Waals surface area contributed by atoms with Crippen molar-refractivity contribution >= 4 is 22.6 Å². The highest BCUT2D eigenvalue weighted by molar-refractivity contribution is 14.1. The first-order chi connectivity index (χ1) is 5.65. The molecular formula is C8H10FIN2. The van der Waals surface area contributed by atoms with E-state index in [1.807, 2.05) is 22.6 Å². The van der Waals surface area contributed by atoms with E-state index in [2.05, 4.69) is 0 Å². The Balaban J connectivity index is 2.96. The van der Waals surface area contributed by atoms with Crippen LogP contribution in [0.2, 0.25) is 0 Å². The molecule has 0 spiro atoms. The van der Waals surface area contributed by atoms with Gasteiger partial charge in [0.25, 0.3) is 0 Å². The Labute approximate surface area is 84.3 Å². The molecule has 66 valence electrons. The van der Waals surface area contributed by atoms with Crippen molar-refractivity contribution in [3.8, 4) is 0 Å². The third-order valence-electron chi connectivity index (χ3n) is 1.63. The topological polar surface area (TPSA) is 52.0 Å². The summed E-state index contributed by atoms with van der Waals surface area (Å²) >= 11 is 1.93. The van der Waals surface area contributed by atoms with Gasteiger partial charge >= 0.3 is 0 Å². The molecule has 0 aliphatic carbocycles. The number of rotatable bonds is 2. The summed E-state index contributed by atoms with van der Waals surface area (Å²) < 4.78 is 13.6. The Bertz CT molecular complexity index is 278. The summed E-state index contributed by atoms with van der Waals surface area (Å²) in [5, 5.41) is 0. The third-order valence-corrected chi connectivity index (χ3v) is 2.50. The van der Waals surface area contributed by atoms with Gasteiger partial charge < -0.3 is 11.5 Å². The van der Waals surface area contributed by atoms with E-state index in [1.165, 1.54) is 6.07 Å². The standard InChI is InChI=1S/C8H10FIN2/c9-6-3-5(8(12)4-11)1-2-7(6)10/h1-3,8H,4,11-12H2/t8-/m1/s1. The molecule has 0 radical (unpaired) electrons. The van der Waals surface area contributed by atoms with Crippen LogP contribution in [-0.2, 0) is 0 Å². The molecule has 0 aliphatic heterocycles. The van der Waals surface area contributed by atoms with Gasteiger partial charge in [-0.15, -0.1) is 0 Å². The predicted molar refractivity (Wildman–Crippen MR) is 55.1 cm³/mol. The number of hydrogen-bond acceptors (Lipinski definition) is 2. The third kappa shape index (κ3) is 2.15. The molecule has 0 bridgehead atoms. The molecule has 1 atom stereocenters. The maximum Gasteiger partial charge on any atom is 0.136 e. The zero-order valence-electron chi connectivity index (χ0n) is 6.43. The van der Waals surface area contributed by atoms with Crippen molar-refractivity contribution in [1.82, 2.24) is 0 Å². The number of hydrogen-bond donors (Lipinski definition) is 2. The highest BCUT2D eigenvalue weighted by atomic mass is 127. The van der Waals surface area contributed by atoms with Gasteiger partial charge in [0.2, 0.25) is 0 Å². The first kappa shape index (κ1) is 9.88. The van der Waals surface area contributed by atoms with Crippen molar-refractivity contribution in [3.05, 3.63) is 33.1 Å². The van der Waals surface area contributed by atoms with Gasteiger partial charge in [0.1, 0.15) is 5.82 Å². The van der Waals surface area contributed by atoms with Gasteiger partial charge in [-0.3, -0.25) is 0 Å². The van der Waals surface area contributed by atoms with Crippen LogP contribution in [0.3, 0.4) is 0 Å². The molecule has 1 aromatic rings. The largest absolute Gasteiger partial charge is 0.329 e. The molecule has 1 rings (SSSR count). The molecule has 1 aromatic carbocycles. The monoisotopic (exact) mass is 280 g/mol. The highest BCUT2D eigenvalue weighted by Crippen LogP contribution is 2.15. The summed E-state index contributed by atoms with van der Waals surface area (Å²) in [6, 6.07) is 4.65. The van der Waals surface area contributed by atoms with E-state index in [1.54, 1.807) is 12.1 Å². The lowest BCUT2D eigenvalue weighted by Gasteiger charge is -2.08. The number of halogens is 2. The van der Waals surface area contributed by atoms with E-state index < -0.39 is 0 Å². The Morgan fingerprint density at radius 3 is 2.67 bits per heavy atom. The van der Waals surface area contributed by atoms with Gasteiger partial charge in [-0.25, -0.2) is 4.39 Å². The minimum atomic E-state index is -0.267. The first-order valence-corrected chi connectivity index (χ1v) is 4.63. The van der Waals surface area contributed by atoms with Crippen LogP contribution < -0.4 is 11.5 Å². The van der Waals surface area contributed by atoms with Gasteiger partial charge in [-0.2, -0.15) is 0 Å². The zero-order chi connectivity index (χ0) is 9.14. The molecule has 0 aromatic heterocycles. The van der Waals surface area contributed by atoms with E-state index in [4.69, 9.17) is 11.5 Å². The molecular weight excluding hydrogens is 270 g/mol. The van der Waals surface area contributed by atoms with Crippen LogP contribution in [-0.4, -0.2) is 6.54 Å². The normalized spacial score (nSPS) is 13.0. The lowest BCUT2D eigenvalue weighted by Crippen LogP contribution is -2.20. The van der Waals surface area contributed by atoms with Gasteiger partial charge in [0, 0.05) is 16.2 Å². The lowest BCUT2D eigenvalue weighted by atomic mass is 10.1. The van der Waals surface area contributed by atoms with Gasteiger partial charge in [-0.05, 0) is 40.3 Å².